The van der Waals surface area contributed by atoms with Gasteiger partial charge in [0.2, 0.25) is 0 Å². The van der Waals surface area contributed by atoms with Crippen LogP contribution in [0.4, 0.5) is 10.5 Å². The first kappa shape index (κ1) is 20.9. The monoisotopic (exact) mass is 416 g/mol. The van der Waals surface area contributed by atoms with Gasteiger partial charge in [-0.05, 0) is 91.6 Å². The van der Waals surface area contributed by atoms with E-state index in [1.165, 1.54) is 24.0 Å². The second-order valence-corrected chi connectivity index (χ2v) is 8.20. The predicted octanol–water partition coefficient (Wildman–Crippen LogP) is 5.13. The number of rotatable bonds is 6. The number of hydrazine groups is 1. The summed E-state index contributed by atoms with van der Waals surface area (Å²) in [5.74, 6) is 6.70. The SMILES string of the molecule is Cc1cc(-c2cncc(C3CC3)c2)c(C)cc1OCc1c(C)cccc1NC(=O)NN. The summed E-state index contributed by atoms with van der Waals surface area (Å²) in [5, 5.41) is 2.75. The van der Waals surface area contributed by atoms with Gasteiger partial charge in [0.05, 0.1) is 0 Å². The Labute approximate surface area is 182 Å². The zero-order valence-corrected chi connectivity index (χ0v) is 18.2. The van der Waals surface area contributed by atoms with Crippen molar-refractivity contribution in [3.05, 3.63) is 76.6 Å². The molecule has 0 bridgehead atoms. The van der Waals surface area contributed by atoms with Crippen molar-refractivity contribution in [1.29, 1.82) is 0 Å². The largest absolute Gasteiger partial charge is 0.489 e. The van der Waals surface area contributed by atoms with E-state index >= 15 is 0 Å². The fraction of sp³-hybridized carbons (Fsp3) is 0.280. The number of aryl methyl sites for hydroxylation is 3. The van der Waals surface area contributed by atoms with Crippen LogP contribution >= 0.6 is 0 Å². The van der Waals surface area contributed by atoms with Gasteiger partial charge in [0.15, 0.2) is 0 Å². The molecule has 2 amide bonds. The minimum atomic E-state index is -0.467. The van der Waals surface area contributed by atoms with E-state index in [-0.39, 0.29) is 0 Å². The highest BCUT2D eigenvalue weighted by atomic mass is 16.5. The molecule has 1 aliphatic rings. The van der Waals surface area contributed by atoms with Gasteiger partial charge in [-0.15, -0.1) is 0 Å². The minimum Gasteiger partial charge on any atom is -0.489 e. The highest BCUT2D eigenvalue weighted by molar-refractivity contribution is 5.89. The molecule has 0 saturated heterocycles. The summed E-state index contributed by atoms with van der Waals surface area (Å²) >= 11 is 0. The topological polar surface area (TPSA) is 89.3 Å². The molecule has 0 aliphatic heterocycles. The number of urea groups is 1. The molecule has 6 nitrogen and oxygen atoms in total. The lowest BCUT2D eigenvalue weighted by Crippen LogP contribution is -2.34. The molecule has 4 N–H and O–H groups in total. The number of carbonyl (C=O) groups excluding carboxylic acids is 1. The van der Waals surface area contributed by atoms with Crippen molar-refractivity contribution >= 4 is 11.7 Å². The number of anilines is 1. The zero-order chi connectivity index (χ0) is 22.0. The van der Waals surface area contributed by atoms with Gasteiger partial charge in [-0.25, -0.2) is 10.6 Å². The number of hydrogen-bond acceptors (Lipinski definition) is 4. The van der Waals surface area contributed by atoms with Crippen LogP contribution < -0.4 is 21.3 Å². The Morgan fingerprint density at radius 2 is 1.90 bits per heavy atom. The van der Waals surface area contributed by atoms with Gasteiger partial charge < -0.3 is 10.1 Å². The van der Waals surface area contributed by atoms with Crippen LogP contribution in [0.25, 0.3) is 11.1 Å². The number of nitrogens with one attached hydrogen (secondary N) is 2. The van der Waals surface area contributed by atoms with Gasteiger partial charge in [0.1, 0.15) is 12.4 Å². The molecule has 0 unspecified atom stereocenters. The first-order valence-electron chi connectivity index (χ1n) is 10.5. The van der Waals surface area contributed by atoms with Crippen LogP contribution in [0.1, 0.15) is 46.6 Å². The van der Waals surface area contributed by atoms with Crippen LogP contribution in [-0.4, -0.2) is 11.0 Å². The fourth-order valence-electron chi connectivity index (χ4n) is 3.82. The third-order valence-electron chi connectivity index (χ3n) is 5.80. The Morgan fingerprint density at radius 1 is 1.10 bits per heavy atom. The number of pyridine rings is 1. The molecule has 1 heterocycles. The molecule has 0 spiro atoms. The maximum atomic E-state index is 11.7. The first-order valence-corrected chi connectivity index (χ1v) is 10.5. The maximum absolute atomic E-state index is 11.7. The zero-order valence-electron chi connectivity index (χ0n) is 18.2. The molecule has 160 valence electrons. The second kappa shape index (κ2) is 8.78. The number of nitrogens with two attached hydrogens (primary N) is 1. The summed E-state index contributed by atoms with van der Waals surface area (Å²) in [7, 11) is 0. The van der Waals surface area contributed by atoms with Crippen LogP contribution in [0.15, 0.2) is 48.8 Å². The van der Waals surface area contributed by atoms with Gasteiger partial charge in [0, 0.05) is 29.2 Å². The normalized spacial score (nSPS) is 13.0. The number of amides is 2. The van der Waals surface area contributed by atoms with Crippen molar-refractivity contribution in [1.82, 2.24) is 10.4 Å². The lowest BCUT2D eigenvalue weighted by Gasteiger charge is -2.17. The van der Waals surface area contributed by atoms with Crippen molar-refractivity contribution in [3.8, 4) is 16.9 Å². The molecule has 1 fully saturated rings. The summed E-state index contributed by atoms with van der Waals surface area (Å²) < 4.78 is 6.18. The smallest absolute Gasteiger partial charge is 0.333 e. The summed E-state index contributed by atoms with van der Waals surface area (Å²) in [6.07, 6.45) is 6.44. The van der Waals surface area contributed by atoms with Gasteiger partial charge in [-0.1, -0.05) is 12.1 Å². The van der Waals surface area contributed by atoms with Crippen LogP contribution in [0.2, 0.25) is 0 Å². The lowest BCUT2D eigenvalue weighted by atomic mass is 9.97. The summed E-state index contributed by atoms with van der Waals surface area (Å²) in [6.45, 7) is 6.48. The van der Waals surface area contributed by atoms with Gasteiger partial charge in [-0.3, -0.25) is 10.4 Å². The molecule has 0 radical (unpaired) electrons. The third kappa shape index (κ3) is 4.70. The van der Waals surface area contributed by atoms with Crippen molar-refractivity contribution < 1.29 is 9.53 Å². The summed E-state index contributed by atoms with van der Waals surface area (Å²) in [4.78, 5) is 16.1. The molecular formula is C25H28N4O2. The quantitative estimate of drug-likeness (QED) is 0.295. The van der Waals surface area contributed by atoms with Crippen molar-refractivity contribution in [2.45, 2.75) is 46.1 Å². The first-order chi connectivity index (χ1) is 15.0. The van der Waals surface area contributed by atoms with Crippen molar-refractivity contribution in [3.63, 3.8) is 0 Å². The Balaban J connectivity index is 1.56. The number of hydrogen-bond donors (Lipinski definition) is 3. The molecule has 6 heteroatoms. The number of ether oxygens (including phenoxy) is 1. The third-order valence-corrected chi connectivity index (χ3v) is 5.80. The maximum Gasteiger partial charge on any atom is 0.333 e. The van der Waals surface area contributed by atoms with E-state index in [2.05, 4.69) is 47.8 Å². The van der Waals surface area contributed by atoms with Gasteiger partial charge in [-0.2, -0.15) is 0 Å². The molecule has 31 heavy (non-hydrogen) atoms. The Morgan fingerprint density at radius 3 is 2.65 bits per heavy atom. The molecular weight excluding hydrogens is 388 g/mol. The molecule has 0 atom stereocenters. The van der Waals surface area contributed by atoms with Gasteiger partial charge >= 0.3 is 6.03 Å². The Kier molecular flexibility index (Phi) is 5.91. The number of nitrogens with zero attached hydrogens (tertiary/aromatic N) is 1. The van der Waals surface area contributed by atoms with Crippen molar-refractivity contribution in [2.75, 3.05) is 5.32 Å². The van der Waals surface area contributed by atoms with Gasteiger partial charge in [0.25, 0.3) is 0 Å². The van der Waals surface area contributed by atoms with E-state index in [1.807, 2.05) is 37.5 Å². The van der Waals surface area contributed by atoms with Crippen molar-refractivity contribution in [2.24, 2.45) is 5.84 Å². The summed E-state index contributed by atoms with van der Waals surface area (Å²) in [5.41, 5.74) is 10.6. The average Bonchev–Trinajstić information content (AvgIpc) is 3.61. The predicted molar refractivity (Wildman–Crippen MR) is 123 cm³/mol. The van der Waals surface area contributed by atoms with E-state index in [4.69, 9.17) is 10.6 Å². The van der Waals surface area contributed by atoms with E-state index in [9.17, 15) is 4.79 Å². The Hall–Kier alpha value is -3.38. The van der Waals surface area contributed by atoms with E-state index in [0.29, 0.717) is 18.2 Å². The lowest BCUT2D eigenvalue weighted by molar-refractivity contribution is 0.252. The van der Waals surface area contributed by atoms with Crippen LogP contribution in [-0.2, 0) is 6.61 Å². The standard InChI is InChI=1S/C25H28N4O2/c1-15-5-4-6-23(28-25(30)29-26)22(15)14-31-24-10-16(2)21(9-17(24)3)20-11-19(12-27-13-20)18-7-8-18/h4-6,9-13,18H,7-8,14,26H2,1-3H3,(H2,28,29,30). The number of benzene rings is 2. The van der Waals surface area contributed by atoms with Crippen LogP contribution in [0.3, 0.4) is 0 Å². The molecule has 4 rings (SSSR count). The van der Waals surface area contributed by atoms with Crippen LogP contribution in [0, 0.1) is 20.8 Å². The van der Waals surface area contributed by atoms with E-state index < -0.39 is 6.03 Å². The highest BCUT2D eigenvalue weighted by Gasteiger charge is 2.24. The molecule has 3 aromatic rings. The number of carbonyl (C=O) groups is 1. The molecule has 1 saturated carbocycles. The molecule has 2 aromatic carbocycles. The molecule has 1 aliphatic carbocycles. The van der Waals surface area contributed by atoms with Crippen LogP contribution in [0.5, 0.6) is 5.75 Å². The van der Waals surface area contributed by atoms with E-state index in [1.54, 1.807) is 0 Å². The minimum absolute atomic E-state index is 0.338. The average molecular weight is 417 g/mol. The highest BCUT2D eigenvalue weighted by Crippen LogP contribution is 2.41. The number of aromatic nitrogens is 1. The molecule has 1 aromatic heterocycles. The summed E-state index contributed by atoms with van der Waals surface area (Å²) in [6, 6.07) is 11.8. The Bertz CT molecular complexity index is 1120. The second-order valence-electron chi connectivity index (χ2n) is 8.20. The fourth-order valence-corrected chi connectivity index (χ4v) is 3.82. The van der Waals surface area contributed by atoms with E-state index in [0.717, 1.165) is 33.6 Å².